The summed E-state index contributed by atoms with van der Waals surface area (Å²) >= 11 is 0. The maximum absolute atomic E-state index is 12.3. The minimum absolute atomic E-state index is 0.0277. The molecule has 2 fully saturated rings. The average molecular weight is 253 g/mol. The van der Waals surface area contributed by atoms with Gasteiger partial charge >= 0.3 is 0 Å². The van der Waals surface area contributed by atoms with Crippen LogP contribution < -0.4 is 11.1 Å². The number of nitrogens with zero attached hydrogens (tertiary/aromatic N) is 1. The van der Waals surface area contributed by atoms with Gasteiger partial charge in [0.1, 0.15) is 0 Å². The monoisotopic (exact) mass is 253 g/mol. The molecule has 102 valence electrons. The van der Waals surface area contributed by atoms with Gasteiger partial charge in [-0.3, -0.25) is 9.59 Å². The molecule has 0 aromatic heterocycles. The van der Waals surface area contributed by atoms with Crippen LogP contribution >= 0.6 is 0 Å². The van der Waals surface area contributed by atoms with E-state index >= 15 is 0 Å². The van der Waals surface area contributed by atoms with Crippen molar-refractivity contribution in [1.29, 1.82) is 0 Å². The average Bonchev–Trinajstić information content (AvgIpc) is 2.89. The van der Waals surface area contributed by atoms with Gasteiger partial charge in [-0.05, 0) is 44.6 Å². The third-order valence-electron chi connectivity index (χ3n) is 3.99. The number of rotatable bonds is 4. The molecule has 2 atom stereocenters. The van der Waals surface area contributed by atoms with Crippen molar-refractivity contribution < 1.29 is 9.59 Å². The second-order valence-electron chi connectivity index (χ2n) is 5.45. The molecular formula is C13H23N3O2. The van der Waals surface area contributed by atoms with Gasteiger partial charge in [0.2, 0.25) is 11.8 Å². The van der Waals surface area contributed by atoms with E-state index in [1.165, 1.54) is 0 Å². The van der Waals surface area contributed by atoms with Crippen molar-refractivity contribution in [2.24, 2.45) is 11.7 Å². The summed E-state index contributed by atoms with van der Waals surface area (Å²) in [6.07, 6.45) is 5.46. The van der Waals surface area contributed by atoms with Crippen LogP contribution in [0, 0.1) is 5.92 Å². The van der Waals surface area contributed by atoms with Crippen molar-refractivity contribution in [3.8, 4) is 0 Å². The second-order valence-corrected chi connectivity index (χ2v) is 5.45. The largest absolute Gasteiger partial charge is 0.370 e. The molecule has 2 rings (SSSR count). The number of hydrogen-bond acceptors (Lipinski definition) is 3. The van der Waals surface area contributed by atoms with E-state index in [4.69, 9.17) is 5.73 Å². The molecule has 0 radical (unpaired) electrons. The molecule has 2 heterocycles. The lowest BCUT2D eigenvalue weighted by Gasteiger charge is -2.34. The molecule has 3 N–H and O–H groups in total. The third-order valence-corrected chi connectivity index (χ3v) is 3.99. The zero-order valence-electron chi connectivity index (χ0n) is 10.9. The van der Waals surface area contributed by atoms with E-state index in [-0.39, 0.29) is 17.9 Å². The number of likely N-dealkylation sites (tertiary alicyclic amines) is 1. The molecule has 5 heteroatoms. The summed E-state index contributed by atoms with van der Waals surface area (Å²) in [5, 5.41) is 3.25. The zero-order chi connectivity index (χ0) is 13.0. The summed E-state index contributed by atoms with van der Waals surface area (Å²) < 4.78 is 0. The van der Waals surface area contributed by atoms with Crippen molar-refractivity contribution in [1.82, 2.24) is 10.2 Å². The van der Waals surface area contributed by atoms with E-state index in [2.05, 4.69) is 5.32 Å². The van der Waals surface area contributed by atoms with Crippen LogP contribution in [0.15, 0.2) is 0 Å². The quantitative estimate of drug-likeness (QED) is 0.753. The van der Waals surface area contributed by atoms with Crippen molar-refractivity contribution >= 4 is 11.8 Å². The Morgan fingerprint density at radius 2 is 2.11 bits per heavy atom. The van der Waals surface area contributed by atoms with Crippen molar-refractivity contribution in [2.45, 2.75) is 44.6 Å². The molecule has 0 bridgehead atoms. The highest BCUT2D eigenvalue weighted by molar-refractivity contribution is 5.82. The van der Waals surface area contributed by atoms with Gasteiger partial charge in [0.05, 0.1) is 6.04 Å². The topological polar surface area (TPSA) is 75.4 Å². The van der Waals surface area contributed by atoms with Crippen molar-refractivity contribution in [3.63, 3.8) is 0 Å². The SMILES string of the molecule is NC(=O)CCC1CCCN(C(=O)C2CCCN2)C1. The lowest BCUT2D eigenvalue weighted by molar-refractivity contribution is -0.134. The Morgan fingerprint density at radius 3 is 2.78 bits per heavy atom. The fraction of sp³-hybridized carbons (Fsp3) is 0.846. The standard InChI is InChI=1S/C13H23N3O2/c14-12(17)6-5-10-3-2-8-16(9-10)13(18)11-4-1-7-15-11/h10-11,15H,1-9H2,(H2,14,17). The molecule has 2 aliphatic rings. The lowest BCUT2D eigenvalue weighted by Crippen LogP contribution is -2.47. The number of amides is 2. The van der Waals surface area contributed by atoms with E-state index in [1.807, 2.05) is 4.90 Å². The molecule has 0 aliphatic carbocycles. The van der Waals surface area contributed by atoms with Gasteiger partial charge in [0.25, 0.3) is 0 Å². The van der Waals surface area contributed by atoms with E-state index in [9.17, 15) is 9.59 Å². The molecular weight excluding hydrogens is 230 g/mol. The Balaban J connectivity index is 1.81. The Bertz CT molecular complexity index is 313. The van der Waals surface area contributed by atoms with Gasteiger partial charge < -0.3 is 16.0 Å². The first kappa shape index (κ1) is 13.3. The van der Waals surface area contributed by atoms with Gasteiger partial charge in [0.15, 0.2) is 0 Å². The predicted molar refractivity (Wildman–Crippen MR) is 68.8 cm³/mol. The summed E-state index contributed by atoms with van der Waals surface area (Å²) in [7, 11) is 0. The fourth-order valence-electron chi connectivity index (χ4n) is 2.96. The third kappa shape index (κ3) is 3.45. The maximum atomic E-state index is 12.3. The number of nitrogens with one attached hydrogen (secondary N) is 1. The van der Waals surface area contributed by atoms with Crippen molar-refractivity contribution in [2.75, 3.05) is 19.6 Å². The number of nitrogens with two attached hydrogens (primary N) is 1. The van der Waals surface area contributed by atoms with E-state index in [0.29, 0.717) is 12.3 Å². The van der Waals surface area contributed by atoms with Crippen molar-refractivity contribution in [3.05, 3.63) is 0 Å². The normalized spacial score (nSPS) is 28.3. The molecule has 0 aromatic carbocycles. The van der Waals surface area contributed by atoms with Gasteiger partial charge in [-0.25, -0.2) is 0 Å². The summed E-state index contributed by atoms with van der Waals surface area (Å²) in [6.45, 7) is 2.61. The number of carbonyl (C=O) groups is 2. The molecule has 2 aliphatic heterocycles. The van der Waals surface area contributed by atoms with Gasteiger partial charge in [0, 0.05) is 19.5 Å². The van der Waals surface area contributed by atoms with Crippen LogP contribution in [0.3, 0.4) is 0 Å². The first-order chi connectivity index (χ1) is 8.66. The van der Waals surface area contributed by atoms with E-state index in [1.54, 1.807) is 0 Å². The van der Waals surface area contributed by atoms with E-state index in [0.717, 1.165) is 51.7 Å². The van der Waals surface area contributed by atoms with Crippen LogP contribution in [-0.4, -0.2) is 42.4 Å². The summed E-state index contributed by atoms with van der Waals surface area (Å²) in [4.78, 5) is 25.0. The van der Waals surface area contributed by atoms with Gasteiger partial charge in [-0.2, -0.15) is 0 Å². The molecule has 2 amide bonds. The van der Waals surface area contributed by atoms with Crippen LogP contribution in [0.2, 0.25) is 0 Å². The van der Waals surface area contributed by atoms with Crippen LogP contribution in [-0.2, 0) is 9.59 Å². The minimum atomic E-state index is -0.240. The molecule has 2 saturated heterocycles. The summed E-state index contributed by atoms with van der Waals surface area (Å²) in [6, 6.07) is 0.0277. The van der Waals surface area contributed by atoms with E-state index < -0.39 is 0 Å². The molecule has 5 nitrogen and oxygen atoms in total. The molecule has 0 aromatic rings. The number of carbonyl (C=O) groups excluding carboxylic acids is 2. The first-order valence-electron chi connectivity index (χ1n) is 6.97. The van der Waals surface area contributed by atoms with Crippen LogP contribution in [0.4, 0.5) is 0 Å². The minimum Gasteiger partial charge on any atom is -0.370 e. The Kier molecular flexibility index (Phi) is 4.58. The van der Waals surface area contributed by atoms with Crippen LogP contribution in [0.25, 0.3) is 0 Å². The fourth-order valence-corrected chi connectivity index (χ4v) is 2.96. The zero-order valence-corrected chi connectivity index (χ0v) is 10.9. The smallest absolute Gasteiger partial charge is 0.239 e. The molecule has 0 spiro atoms. The molecule has 0 saturated carbocycles. The maximum Gasteiger partial charge on any atom is 0.239 e. The number of primary amides is 1. The number of hydrogen-bond donors (Lipinski definition) is 2. The van der Waals surface area contributed by atoms with Gasteiger partial charge in [-0.15, -0.1) is 0 Å². The molecule has 18 heavy (non-hydrogen) atoms. The Morgan fingerprint density at radius 1 is 1.28 bits per heavy atom. The highest BCUT2D eigenvalue weighted by Crippen LogP contribution is 2.22. The predicted octanol–water partition coefficient (Wildman–Crippen LogP) is 0.242. The van der Waals surface area contributed by atoms with Gasteiger partial charge in [-0.1, -0.05) is 0 Å². The van der Waals surface area contributed by atoms with Crippen LogP contribution in [0.5, 0.6) is 0 Å². The highest BCUT2D eigenvalue weighted by Gasteiger charge is 2.30. The molecule has 2 unspecified atom stereocenters. The number of piperidine rings is 1. The lowest BCUT2D eigenvalue weighted by atomic mass is 9.93. The second kappa shape index (κ2) is 6.18. The summed E-state index contributed by atoms with van der Waals surface area (Å²) in [5.74, 6) is 0.448. The van der Waals surface area contributed by atoms with Crippen LogP contribution in [0.1, 0.15) is 38.5 Å². The Labute approximate surface area is 108 Å². The first-order valence-corrected chi connectivity index (χ1v) is 6.97. The Hall–Kier alpha value is -1.10. The highest BCUT2D eigenvalue weighted by atomic mass is 16.2. The summed E-state index contributed by atoms with van der Waals surface area (Å²) in [5.41, 5.74) is 5.17.